The highest BCUT2D eigenvalue weighted by atomic mass is 19.3. The molecule has 2 amide bonds. The van der Waals surface area contributed by atoms with Crippen LogP contribution in [0, 0.1) is 0 Å². The SMILES string of the molecule is O=C(NC1=NNNN1)N1CCN(Cc2cccc(Oc3ccc4c(c3)OC(F)(F)O4)c2)CC1. The molecule has 3 aliphatic heterocycles. The first-order chi connectivity index (χ1) is 15.9. The number of carbonyl (C=O) groups is 1. The normalized spacial score (nSPS) is 18.8. The molecule has 2 aromatic carbocycles. The van der Waals surface area contributed by atoms with Gasteiger partial charge in [0, 0.05) is 38.8 Å². The summed E-state index contributed by atoms with van der Waals surface area (Å²) in [6.07, 6.45) is -3.67. The highest BCUT2D eigenvalue weighted by molar-refractivity contribution is 5.96. The number of hydrazone groups is 1. The van der Waals surface area contributed by atoms with Crippen molar-refractivity contribution < 1.29 is 27.8 Å². The molecule has 1 saturated heterocycles. The number of hydrogen-bond donors (Lipinski definition) is 4. The lowest BCUT2D eigenvalue weighted by atomic mass is 10.2. The molecule has 0 aliphatic carbocycles. The van der Waals surface area contributed by atoms with Gasteiger partial charge in [-0.2, -0.15) is 0 Å². The molecule has 3 heterocycles. The Balaban J connectivity index is 1.14. The molecule has 0 aromatic heterocycles. The van der Waals surface area contributed by atoms with Crippen LogP contribution in [-0.2, 0) is 6.54 Å². The topological polar surface area (TPSA) is 112 Å². The number of nitrogens with one attached hydrogen (secondary N) is 4. The van der Waals surface area contributed by atoms with Crippen LogP contribution in [0.15, 0.2) is 47.6 Å². The van der Waals surface area contributed by atoms with Gasteiger partial charge in [-0.1, -0.05) is 12.1 Å². The molecular formula is C20H21F2N7O4. The van der Waals surface area contributed by atoms with Gasteiger partial charge in [-0.25, -0.2) is 10.3 Å². The Labute approximate surface area is 187 Å². The van der Waals surface area contributed by atoms with E-state index >= 15 is 0 Å². The summed E-state index contributed by atoms with van der Waals surface area (Å²) in [5.74, 6) is 1.14. The van der Waals surface area contributed by atoms with Crippen LogP contribution in [0.2, 0.25) is 0 Å². The van der Waals surface area contributed by atoms with E-state index in [-0.39, 0.29) is 17.5 Å². The standard InChI is InChI=1S/C20H21F2N7O4/c21-20(22)32-16-5-4-15(11-17(16)33-20)31-14-3-1-2-13(10-14)12-28-6-8-29(9-7-28)19(30)23-18-24-26-27-25-18/h1-5,10-11,26-27H,6-9,12H2,(H2,23,24,25,30). The fraction of sp³-hybridized carbons (Fsp3) is 0.300. The second-order valence-electron chi connectivity index (χ2n) is 7.54. The van der Waals surface area contributed by atoms with Gasteiger partial charge in [-0.15, -0.1) is 19.4 Å². The van der Waals surface area contributed by atoms with Crippen molar-refractivity contribution in [2.75, 3.05) is 26.2 Å². The van der Waals surface area contributed by atoms with Crippen LogP contribution < -0.4 is 36.0 Å². The molecule has 11 nitrogen and oxygen atoms in total. The Morgan fingerprint density at radius 3 is 2.67 bits per heavy atom. The zero-order valence-electron chi connectivity index (χ0n) is 17.3. The zero-order chi connectivity index (χ0) is 22.8. The van der Waals surface area contributed by atoms with Crippen molar-refractivity contribution in [3.8, 4) is 23.0 Å². The average Bonchev–Trinajstić information content (AvgIpc) is 3.40. The fourth-order valence-corrected chi connectivity index (χ4v) is 3.64. The van der Waals surface area contributed by atoms with Gasteiger partial charge in [-0.3, -0.25) is 15.6 Å². The van der Waals surface area contributed by atoms with Gasteiger partial charge in [0.2, 0.25) is 5.96 Å². The third-order valence-corrected chi connectivity index (χ3v) is 5.20. The number of amides is 2. The van der Waals surface area contributed by atoms with Crippen LogP contribution >= 0.6 is 0 Å². The number of urea groups is 1. The van der Waals surface area contributed by atoms with E-state index < -0.39 is 6.29 Å². The van der Waals surface area contributed by atoms with Crippen molar-refractivity contribution in [1.29, 1.82) is 0 Å². The number of halogens is 2. The minimum atomic E-state index is -3.67. The molecule has 3 aliphatic rings. The van der Waals surface area contributed by atoms with E-state index in [1.807, 2.05) is 18.2 Å². The zero-order valence-corrected chi connectivity index (χ0v) is 17.3. The summed E-state index contributed by atoms with van der Waals surface area (Å²) in [6.45, 7) is 3.27. The molecule has 4 N–H and O–H groups in total. The molecule has 13 heteroatoms. The number of carbonyl (C=O) groups excluding carboxylic acids is 1. The van der Waals surface area contributed by atoms with E-state index in [0.717, 1.165) is 5.56 Å². The Morgan fingerprint density at radius 1 is 1.09 bits per heavy atom. The summed E-state index contributed by atoms with van der Waals surface area (Å²) in [7, 11) is 0. The molecule has 174 valence electrons. The van der Waals surface area contributed by atoms with E-state index in [0.29, 0.717) is 50.2 Å². The van der Waals surface area contributed by atoms with Gasteiger partial charge < -0.3 is 19.1 Å². The lowest BCUT2D eigenvalue weighted by Crippen LogP contribution is -2.54. The summed E-state index contributed by atoms with van der Waals surface area (Å²) in [5, 5.41) is 6.49. The Bertz CT molecular complexity index is 1080. The summed E-state index contributed by atoms with van der Waals surface area (Å²) < 4.78 is 41.1. The summed E-state index contributed by atoms with van der Waals surface area (Å²) in [6, 6.07) is 11.6. The molecule has 0 radical (unpaired) electrons. The number of ether oxygens (including phenoxy) is 3. The van der Waals surface area contributed by atoms with Gasteiger partial charge in [-0.05, 0) is 29.8 Å². The highest BCUT2D eigenvalue weighted by Gasteiger charge is 2.43. The van der Waals surface area contributed by atoms with E-state index in [4.69, 9.17) is 4.74 Å². The maximum absolute atomic E-state index is 13.2. The van der Waals surface area contributed by atoms with Gasteiger partial charge >= 0.3 is 12.3 Å². The number of hydrogen-bond acceptors (Lipinski definition) is 9. The number of alkyl halides is 2. The van der Waals surface area contributed by atoms with E-state index in [2.05, 4.69) is 41.3 Å². The van der Waals surface area contributed by atoms with Crippen molar-refractivity contribution in [1.82, 2.24) is 31.6 Å². The minimum Gasteiger partial charge on any atom is -0.457 e. The van der Waals surface area contributed by atoms with Gasteiger partial charge in [0.25, 0.3) is 0 Å². The number of piperazine rings is 1. The van der Waals surface area contributed by atoms with Crippen molar-refractivity contribution in [2.45, 2.75) is 12.8 Å². The monoisotopic (exact) mass is 461 g/mol. The number of hydrazine groups is 2. The second-order valence-corrected chi connectivity index (χ2v) is 7.54. The van der Waals surface area contributed by atoms with Crippen LogP contribution in [0.3, 0.4) is 0 Å². The minimum absolute atomic E-state index is 0.0326. The lowest BCUT2D eigenvalue weighted by Gasteiger charge is -2.34. The molecule has 1 fully saturated rings. The number of rotatable bonds is 4. The van der Waals surface area contributed by atoms with Gasteiger partial charge in [0.15, 0.2) is 11.5 Å². The Hall–Kier alpha value is -3.84. The van der Waals surface area contributed by atoms with Gasteiger partial charge in [0.1, 0.15) is 11.5 Å². The first kappa shape index (κ1) is 21.0. The third-order valence-electron chi connectivity index (χ3n) is 5.20. The summed E-state index contributed by atoms with van der Waals surface area (Å²) in [5.41, 5.74) is 8.73. The highest BCUT2D eigenvalue weighted by Crippen LogP contribution is 2.43. The number of fused-ring (bicyclic) bond motifs is 1. The smallest absolute Gasteiger partial charge is 0.457 e. The maximum atomic E-state index is 13.2. The molecule has 0 spiro atoms. The van der Waals surface area contributed by atoms with Crippen LogP contribution in [-0.4, -0.2) is 54.3 Å². The maximum Gasteiger partial charge on any atom is 0.586 e. The fourth-order valence-electron chi connectivity index (χ4n) is 3.64. The van der Waals surface area contributed by atoms with Crippen LogP contribution in [0.1, 0.15) is 5.56 Å². The first-order valence-corrected chi connectivity index (χ1v) is 10.2. The largest absolute Gasteiger partial charge is 0.586 e. The molecule has 2 aromatic rings. The van der Waals surface area contributed by atoms with Crippen molar-refractivity contribution >= 4 is 12.0 Å². The second kappa shape index (κ2) is 8.60. The molecule has 0 unspecified atom stereocenters. The van der Waals surface area contributed by atoms with Crippen molar-refractivity contribution in [3.63, 3.8) is 0 Å². The average molecular weight is 461 g/mol. The molecule has 0 saturated carbocycles. The van der Waals surface area contributed by atoms with E-state index in [1.54, 1.807) is 17.0 Å². The number of nitrogens with zero attached hydrogens (tertiary/aromatic N) is 3. The summed E-state index contributed by atoms with van der Waals surface area (Å²) >= 11 is 0. The van der Waals surface area contributed by atoms with Gasteiger partial charge in [0.05, 0.1) is 0 Å². The van der Waals surface area contributed by atoms with Crippen LogP contribution in [0.5, 0.6) is 23.0 Å². The number of guanidine groups is 1. The molecule has 0 bridgehead atoms. The quantitative estimate of drug-likeness (QED) is 0.542. The predicted molar refractivity (Wildman–Crippen MR) is 111 cm³/mol. The van der Waals surface area contributed by atoms with Crippen molar-refractivity contribution in [3.05, 3.63) is 48.0 Å². The lowest BCUT2D eigenvalue weighted by molar-refractivity contribution is -0.286. The van der Waals surface area contributed by atoms with Crippen LogP contribution in [0.25, 0.3) is 0 Å². The Morgan fingerprint density at radius 2 is 1.88 bits per heavy atom. The Kier molecular flexibility index (Phi) is 5.48. The molecule has 5 rings (SSSR count). The first-order valence-electron chi connectivity index (χ1n) is 10.2. The number of benzene rings is 2. The van der Waals surface area contributed by atoms with Crippen LogP contribution in [0.4, 0.5) is 13.6 Å². The molecule has 33 heavy (non-hydrogen) atoms. The van der Waals surface area contributed by atoms with E-state index in [1.165, 1.54) is 12.1 Å². The van der Waals surface area contributed by atoms with E-state index in [9.17, 15) is 13.6 Å². The predicted octanol–water partition coefficient (Wildman–Crippen LogP) is 1.51. The molecular weight excluding hydrogens is 440 g/mol. The summed E-state index contributed by atoms with van der Waals surface area (Å²) in [4.78, 5) is 16.2. The third kappa shape index (κ3) is 4.99. The van der Waals surface area contributed by atoms with Crippen molar-refractivity contribution in [2.24, 2.45) is 5.10 Å². The molecule has 0 atom stereocenters.